The van der Waals surface area contributed by atoms with E-state index in [0.717, 1.165) is 24.9 Å². The van der Waals surface area contributed by atoms with Gasteiger partial charge in [0, 0.05) is 18.8 Å². The summed E-state index contributed by atoms with van der Waals surface area (Å²) in [5.74, 6) is -0.291. The monoisotopic (exact) mass is 474 g/mol. The first-order chi connectivity index (χ1) is 14.3. The average Bonchev–Trinajstić information content (AvgIpc) is 2.61. The van der Waals surface area contributed by atoms with Gasteiger partial charge < -0.3 is 23.1 Å². The molecule has 0 rings (SSSR count). The molecule has 0 aromatic heterocycles. The fourth-order valence-electron chi connectivity index (χ4n) is 2.97. The highest BCUT2D eigenvalue weighted by molar-refractivity contribution is 6.84. The summed E-state index contributed by atoms with van der Waals surface area (Å²) in [5.41, 5.74) is 0.395. The van der Waals surface area contributed by atoms with E-state index in [1.54, 1.807) is 13.8 Å². The molecule has 0 aliphatic heterocycles. The zero-order valence-corrected chi connectivity index (χ0v) is 22.3. The van der Waals surface area contributed by atoms with Crippen LogP contribution in [0, 0.1) is 0 Å². The van der Waals surface area contributed by atoms with Gasteiger partial charge in [-0.25, -0.2) is 4.79 Å². The summed E-state index contributed by atoms with van der Waals surface area (Å²) in [6.07, 6.45) is 2.09. The van der Waals surface area contributed by atoms with Crippen LogP contribution in [0.5, 0.6) is 0 Å². The van der Waals surface area contributed by atoms with Gasteiger partial charge in [-0.3, -0.25) is 4.79 Å². The van der Waals surface area contributed by atoms with Crippen LogP contribution in [0.4, 0.5) is 0 Å². The van der Waals surface area contributed by atoms with E-state index < -0.39 is 16.6 Å². The molecular formula is C22H42O7Si2. The highest BCUT2D eigenvalue weighted by atomic mass is 28.4. The van der Waals surface area contributed by atoms with Crippen LogP contribution in [-0.4, -0.2) is 61.6 Å². The molecule has 0 amide bonds. The summed E-state index contributed by atoms with van der Waals surface area (Å²) in [6.45, 7) is 21.6. The Kier molecular flexibility index (Phi) is 14.9. The van der Waals surface area contributed by atoms with Crippen molar-refractivity contribution in [2.45, 2.75) is 71.4 Å². The van der Waals surface area contributed by atoms with Crippen molar-refractivity contribution in [2.24, 2.45) is 0 Å². The van der Waals surface area contributed by atoms with Gasteiger partial charge in [0.2, 0.25) is 0 Å². The number of carbonyl (C=O) groups is 2. The van der Waals surface area contributed by atoms with Crippen LogP contribution in [0.15, 0.2) is 24.5 Å². The molecule has 0 saturated carbocycles. The van der Waals surface area contributed by atoms with E-state index in [-0.39, 0.29) is 25.0 Å². The van der Waals surface area contributed by atoms with Crippen molar-refractivity contribution < 1.29 is 32.7 Å². The predicted octanol–water partition coefficient (Wildman–Crippen LogP) is 4.81. The number of allylic oxidation sites excluding steroid dienone is 1. The van der Waals surface area contributed by atoms with Gasteiger partial charge in [-0.2, -0.15) is 0 Å². The maximum Gasteiger partial charge on any atom is 0.333 e. The van der Waals surface area contributed by atoms with E-state index in [1.165, 1.54) is 0 Å². The van der Waals surface area contributed by atoms with Gasteiger partial charge in [0.05, 0.1) is 25.4 Å². The largest absolute Gasteiger partial charge is 0.460 e. The lowest BCUT2D eigenvalue weighted by Gasteiger charge is -2.34. The molecule has 7 nitrogen and oxygen atoms in total. The maximum absolute atomic E-state index is 11.4. The van der Waals surface area contributed by atoms with Crippen LogP contribution in [0.25, 0.3) is 0 Å². The van der Waals surface area contributed by atoms with E-state index in [0.29, 0.717) is 37.8 Å². The topological polar surface area (TPSA) is 80.3 Å². The second kappa shape index (κ2) is 15.5. The standard InChI is InChI=1S/C22H42O7Si2/c1-19(2)22(24)27-16-15-26-13-10-18-31(7,8)29-30(5,6)17-9-12-25-14-11-21(23)28-20(3)4/h1,3,9-18H2,2,4-8H3. The molecule has 9 heteroatoms. The van der Waals surface area contributed by atoms with Gasteiger partial charge in [-0.15, -0.1) is 0 Å². The van der Waals surface area contributed by atoms with Gasteiger partial charge in [-0.1, -0.05) is 13.2 Å². The molecule has 0 aliphatic carbocycles. The van der Waals surface area contributed by atoms with E-state index in [4.69, 9.17) is 23.1 Å². The molecule has 0 radical (unpaired) electrons. The number of hydrogen-bond acceptors (Lipinski definition) is 7. The lowest BCUT2D eigenvalue weighted by atomic mass is 10.4. The lowest BCUT2D eigenvalue weighted by Crippen LogP contribution is -2.44. The van der Waals surface area contributed by atoms with E-state index in [1.807, 2.05) is 0 Å². The van der Waals surface area contributed by atoms with Crippen molar-refractivity contribution in [3.8, 4) is 0 Å². The molecule has 0 fully saturated rings. The fourth-order valence-corrected chi connectivity index (χ4v) is 11.8. The molecular weight excluding hydrogens is 432 g/mol. The highest BCUT2D eigenvalue weighted by Gasteiger charge is 2.32. The normalized spacial score (nSPS) is 11.8. The van der Waals surface area contributed by atoms with Crippen LogP contribution in [0.3, 0.4) is 0 Å². The Morgan fingerprint density at radius 1 is 0.774 bits per heavy atom. The Balaban J connectivity index is 3.90. The molecule has 0 unspecified atom stereocenters. The maximum atomic E-state index is 11.4. The SMILES string of the molecule is C=C(C)OC(=O)CCOCCC[Si](C)(C)O[Si](C)(C)CCCOCCOC(=O)C(=C)C. The third-order valence-electron chi connectivity index (χ3n) is 4.24. The Morgan fingerprint density at radius 3 is 1.77 bits per heavy atom. The van der Waals surface area contributed by atoms with Crippen molar-refractivity contribution in [3.05, 3.63) is 24.5 Å². The summed E-state index contributed by atoms with van der Waals surface area (Å²) < 4.78 is 27.6. The third kappa shape index (κ3) is 18.0. The summed E-state index contributed by atoms with van der Waals surface area (Å²) in [4.78, 5) is 22.7. The van der Waals surface area contributed by atoms with Gasteiger partial charge in [0.15, 0.2) is 16.6 Å². The van der Waals surface area contributed by atoms with Crippen LogP contribution in [0.1, 0.15) is 33.1 Å². The van der Waals surface area contributed by atoms with E-state index in [2.05, 4.69) is 39.3 Å². The molecule has 0 atom stereocenters. The third-order valence-corrected chi connectivity index (χ3v) is 11.8. The van der Waals surface area contributed by atoms with Crippen LogP contribution >= 0.6 is 0 Å². The summed E-state index contributed by atoms with van der Waals surface area (Å²) in [7, 11) is -3.55. The van der Waals surface area contributed by atoms with Gasteiger partial charge in [0.25, 0.3) is 0 Å². The molecule has 0 spiro atoms. The lowest BCUT2D eigenvalue weighted by molar-refractivity contribution is -0.141. The van der Waals surface area contributed by atoms with Crippen molar-refractivity contribution in [1.29, 1.82) is 0 Å². The number of hydrogen-bond donors (Lipinski definition) is 0. The van der Waals surface area contributed by atoms with Crippen molar-refractivity contribution in [2.75, 3.05) is 33.0 Å². The predicted molar refractivity (Wildman–Crippen MR) is 128 cm³/mol. The molecule has 0 aliphatic rings. The summed E-state index contributed by atoms with van der Waals surface area (Å²) in [6, 6.07) is 2.04. The number of carbonyl (C=O) groups excluding carboxylic acids is 2. The molecule has 0 aromatic carbocycles. The van der Waals surface area contributed by atoms with E-state index >= 15 is 0 Å². The highest BCUT2D eigenvalue weighted by Crippen LogP contribution is 2.23. The Labute approximate surface area is 190 Å². The van der Waals surface area contributed by atoms with Crippen LogP contribution < -0.4 is 0 Å². The van der Waals surface area contributed by atoms with Crippen LogP contribution in [0.2, 0.25) is 38.3 Å². The molecule has 0 N–H and O–H groups in total. The quantitative estimate of drug-likeness (QED) is 0.0927. The van der Waals surface area contributed by atoms with Crippen molar-refractivity contribution >= 4 is 28.6 Å². The summed E-state index contributed by atoms with van der Waals surface area (Å²) >= 11 is 0. The smallest absolute Gasteiger partial charge is 0.333 e. The minimum absolute atomic E-state index is 0.239. The van der Waals surface area contributed by atoms with E-state index in [9.17, 15) is 9.59 Å². The van der Waals surface area contributed by atoms with Crippen molar-refractivity contribution in [1.82, 2.24) is 0 Å². The first-order valence-electron chi connectivity index (χ1n) is 10.9. The second-order valence-corrected chi connectivity index (χ2v) is 17.8. The first kappa shape index (κ1) is 29.7. The molecule has 31 heavy (non-hydrogen) atoms. The van der Waals surface area contributed by atoms with Gasteiger partial charge in [0.1, 0.15) is 6.61 Å². The zero-order chi connectivity index (χ0) is 23.9. The number of ether oxygens (including phenoxy) is 4. The Morgan fingerprint density at radius 2 is 1.29 bits per heavy atom. The molecule has 0 heterocycles. The number of rotatable bonds is 18. The van der Waals surface area contributed by atoms with Gasteiger partial charge in [-0.05, 0) is 65.0 Å². The molecule has 0 saturated heterocycles. The summed E-state index contributed by atoms with van der Waals surface area (Å²) in [5, 5.41) is 0. The van der Waals surface area contributed by atoms with Gasteiger partial charge >= 0.3 is 11.9 Å². The molecule has 0 aromatic rings. The second-order valence-electron chi connectivity index (χ2n) is 8.90. The molecule has 180 valence electrons. The van der Waals surface area contributed by atoms with Crippen molar-refractivity contribution in [3.63, 3.8) is 0 Å². The Bertz CT molecular complexity index is 588. The fraction of sp³-hybridized carbons (Fsp3) is 0.727. The zero-order valence-electron chi connectivity index (χ0n) is 20.3. The molecule has 0 bridgehead atoms. The first-order valence-corrected chi connectivity index (χ1v) is 17.1. The minimum Gasteiger partial charge on any atom is -0.460 e. The average molecular weight is 475 g/mol. The minimum atomic E-state index is -1.78. The van der Waals surface area contributed by atoms with Crippen LogP contribution in [-0.2, 0) is 32.7 Å². The number of esters is 2. The Hall–Kier alpha value is -1.27.